The van der Waals surface area contributed by atoms with Crippen molar-refractivity contribution in [3.8, 4) is 5.75 Å². The minimum Gasteiger partial charge on any atom is -0.490 e. The summed E-state index contributed by atoms with van der Waals surface area (Å²) in [6.07, 6.45) is 5.68. The Labute approximate surface area is 154 Å². The molecule has 24 heavy (non-hydrogen) atoms. The molecule has 1 amide bonds. The molecule has 0 radical (unpaired) electrons. The van der Waals surface area contributed by atoms with Gasteiger partial charge in [-0.15, -0.1) is 0 Å². The van der Waals surface area contributed by atoms with Gasteiger partial charge in [0.1, 0.15) is 0 Å². The van der Waals surface area contributed by atoms with E-state index in [1.165, 1.54) is 31.4 Å². The molecule has 0 aliphatic carbocycles. The minimum absolute atomic E-state index is 0.302. The summed E-state index contributed by atoms with van der Waals surface area (Å²) in [5.41, 5.74) is 0.315. The van der Waals surface area contributed by atoms with Gasteiger partial charge in [0.05, 0.1) is 16.7 Å². The molecule has 2 aromatic rings. The first-order valence-electron chi connectivity index (χ1n) is 7.70. The van der Waals surface area contributed by atoms with Gasteiger partial charge in [-0.25, -0.2) is 0 Å². The van der Waals surface area contributed by atoms with Crippen LogP contribution in [0, 0.1) is 0 Å². The Bertz CT molecular complexity index is 644. The molecule has 0 saturated carbocycles. The number of benzene rings is 1. The Morgan fingerprint density at radius 3 is 2.54 bits per heavy atom. The van der Waals surface area contributed by atoms with E-state index in [0.29, 0.717) is 33.1 Å². The SMILES string of the molecule is CCCCCCCOc1c(Cl)cc(C(=O)Nc2nnns2)cc1Cl. The molecule has 0 bridgehead atoms. The molecular weight excluding hydrogens is 371 g/mol. The maximum atomic E-state index is 12.1. The highest BCUT2D eigenvalue weighted by Gasteiger charge is 2.15. The summed E-state index contributed by atoms with van der Waals surface area (Å²) in [7, 11) is 0. The minimum atomic E-state index is -0.386. The van der Waals surface area contributed by atoms with Crippen molar-refractivity contribution >= 4 is 45.8 Å². The number of carbonyl (C=O) groups excluding carboxylic acids is 1. The summed E-state index contributed by atoms with van der Waals surface area (Å²) in [5.74, 6) is 0.0198. The molecule has 2 rings (SSSR count). The van der Waals surface area contributed by atoms with Gasteiger partial charge in [-0.2, -0.15) is 0 Å². The largest absolute Gasteiger partial charge is 0.490 e. The van der Waals surface area contributed by atoms with Gasteiger partial charge in [0.15, 0.2) is 5.75 Å². The zero-order valence-corrected chi connectivity index (χ0v) is 15.5. The lowest BCUT2D eigenvalue weighted by Crippen LogP contribution is -2.12. The summed E-state index contributed by atoms with van der Waals surface area (Å²) in [4.78, 5) is 12.1. The van der Waals surface area contributed by atoms with Crippen LogP contribution in [0.4, 0.5) is 5.13 Å². The van der Waals surface area contributed by atoms with Crippen LogP contribution in [0.15, 0.2) is 12.1 Å². The Morgan fingerprint density at radius 1 is 1.21 bits per heavy atom. The average Bonchev–Trinajstić information content (AvgIpc) is 3.05. The van der Waals surface area contributed by atoms with Gasteiger partial charge in [0, 0.05) is 17.1 Å². The van der Waals surface area contributed by atoms with Gasteiger partial charge >= 0.3 is 0 Å². The molecule has 0 unspecified atom stereocenters. The molecular formula is C15H18Cl2N4O2S. The summed E-state index contributed by atoms with van der Waals surface area (Å²) in [6, 6.07) is 3.04. The van der Waals surface area contributed by atoms with Crippen molar-refractivity contribution in [2.45, 2.75) is 39.0 Å². The topological polar surface area (TPSA) is 77.0 Å². The van der Waals surface area contributed by atoms with Crippen LogP contribution >= 0.6 is 34.7 Å². The number of halogens is 2. The number of nitrogens with zero attached hydrogens (tertiary/aromatic N) is 3. The fourth-order valence-electron chi connectivity index (χ4n) is 2.06. The van der Waals surface area contributed by atoms with Gasteiger partial charge in [0.25, 0.3) is 5.91 Å². The fraction of sp³-hybridized carbons (Fsp3) is 0.467. The Kier molecular flexibility index (Phi) is 7.68. The van der Waals surface area contributed by atoms with E-state index in [1.807, 2.05) is 0 Å². The number of carbonyl (C=O) groups is 1. The van der Waals surface area contributed by atoms with Crippen molar-refractivity contribution in [3.05, 3.63) is 27.7 Å². The lowest BCUT2D eigenvalue weighted by Gasteiger charge is -2.11. The van der Waals surface area contributed by atoms with Crippen molar-refractivity contribution in [1.82, 2.24) is 14.8 Å². The molecule has 0 aliphatic rings. The van der Waals surface area contributed by atoms with E-state index in [-0.39, 0.29) is 5.91 Å². The van der Waals surface area contributed by atoms with E-state index in [0.717, 1.165) is 24.4 Å². The normalized spacial score (nSPS) is 10.6. The van der Waals surface area contributed by atoms with E-state index in [4.69, 9.17) is 27.9 Å². The first-order chi connectivity index (χ1) is 11.6. The highest BCUT2D eigenvalue weighted by Crippen LogP contribution is 2.34. The van der Waals surface area contributed by atoms with Gasteiger partial charge in [-0.1, -0.05) is 65.4 Å². The molecule has 130 valence electrons. The highest BCUT2D eigenvalue weighted by atomic mass is 35.5. The Hall–Kier alpha value is -1.44. The quantitative estimate of drug-likeness (QED) is 0.621. The average molecular weight is 389 g/mol. The maximum absolute atomic E-state index is 12.1. The molecule has 0 aliphatic heterocycles. The fourth-order valence-corrected chi connectivity index (χ4v) is 3.02. The summed E-state index contributed by atoms with van der Waals surface area (Å²) in [6.45, 7) is 2.72. The van der Waals surface area contributed by atoms with Gasteiger partial charge < -0.3 is 4.74 Å². The number of unbranched alkanes of at least 4 members (excludes halogenated alkanes) is 4. The third-order valence-electron chi connectivity index (χ3n) is 3.27. The molecule has 6 nitrogen and oxygen atoms in total. The number of rotatable bonds is 9. The van der Waals surface area contributed by atoms with E-state index >= 15 is 0 Å². The van der Waals surface area contributed by atoms with Gasteiger partial charge in [-0.3, -0.25) is 10.1 Å². The zero-order chi connectivity index (χ0) is 17.4. The van der Waals surface area contributed by atoms with Crippen molar-refractivity contribution in [2.75, 3.05) is 11.9 Å². The zero-order valence-electron chi connectivity index (χ0n) is 13.2. The standard InChI is InChI=1S/C15H18Cl2N4O2S/c1-2-3-4-5-6-7-23-13-11(16)8-10(9-12(13)17)14(22)18-15-19-20-21-24-15/h8-9H,2-7H2,1H3,(H,18,19,21,22). The number of amides is 1. The summed E-state index contributed by atoms with van der Waals surface area (Å²) >= 11 is 13.4. The molecule has 9 heteroatoms. The third-order valence-corrected chi connectivity index (χ3v) is 4.35. The molecule has 0 atom stereocenters. The van der Waals surface area contributed by atoms with Crippen molar-refractivity contribution in [1.29, 1.82) is 0 Å². The second-order valence-corrected chi connectivity index (χ2v) is 6.70. The molecule has 1 aromatic heterocycles. The molecule has 0 saturated heterocycles. The second-order valence-electron chi connectivity index (χ2n) is 5.15. The van der Waals surface area contributed by atoms with E-state index in [9.17, 15) is 4.79 Å². The highest BCUT2D eigenvalue weighted by molar-refractivity contribution is 7.09. The van der Waals surface area contributed by atoms with Crippen LogP contribution in [0.1, 0.15) is 49.4 Å². The molecule has 1 heterocycles. The first kappa shape index (κ1) is 18.9. The number of nitrogens with one attached hydrogen (secondary N) is 1. The third kappa shape index (κ3) is 5.58. The molecule has 1 N–H and O–H groups in total. The number of hydrogen-bond acceptors (Lipinski definition) is 6. The van der Waals surface area contributed by atoms with Crippen LogP contribution in [0.2, 0.25) is 10.0 Å². The predicted octanol–water partition coefficient (Wildman–Crippen LogP) is 4.84. The predicted molar refractivity (Wildman–Crippen MR) is 96.4 cm³/mol. The van der Waals surface area contributed by atoms with Crippen LogP contribution in [-0.2, 0) is 0 Å². The number of hydrogen-bond donors (Lipinski definition) is 1. The van der Waals surface area contributed by atoms with Crippen molar-refractivity contribution in [3.63, 3.8) is 0 Å². The number of ether oxygens (including phenoxy) is 1. The Balaban J connectivity index is 1.93. The van der Waals surface area contributed by atoms with Crippen molar-refractivity contribution < 1.29 is 9.53 Å². The van der Waals surface area contributed by atoms with Crippen LogP contribution in [-0.4, -0.2) is 27.3 Å². The van der Waals surface area contributed by atoms with Gasteiger partial charge in [0.2, 0.25) is 5.13 Å². The van der Waals surface area contributed by atoms with Crippen LogP contribution in [0.5, 0.6) is 5.75 Å². The van der Waals surface area contributed by atoms with E-state index in [2.05, 4.69) is 27.0 Å². The Morgan fingerprint density at radius 2 is 1.92 bits per heavy atom. The van der Waals surface area contributed by atoms with Gasteiger partial charge in [-0.05, 0) is 23.8 Å². The number of aromatic nitrogens is 3. The second kappa shape index (κ2) is 9.76. The first-order valence-corrected chi connectivity index (χ1v) is 9.23. The van der Waals surface area contributed by atoms with E-state index < -0.39 is 0 Å². The lowest BCUT2D eigenvalue weighted by atomic mass is 10.2. The maximum Gasteiger partial charge on any atom is 0.257 e. The van der Waals surface area contributed by atoms with E-state index in [1.54, 1.807) is 0 Å². The van der Waals surface area contributed by atoms with Crippen molar-refractivity contribution in [2.24, 2.45) is 0 Å². The summed E-state index contributed by atoms with van der Waals surface area (Å²) in [5, 5.41) is 10.5. The molecule has 0 spiro atoms. The molecule has 1 aromatic carbocycles. The number of anilines is 1. The lowest BCUT2D eigenvalue weighted by molar-refractivity contribution is 0.102. The molecule has 0 fully saturated rings. The monoisotopic (exact) mass is 388 g/mol. The van der Waals surface area contributed by atoms with Crippen LogP contribution in [0.3, 0.4) is 0 Å². The summed E-state index contributed by atoms with van der Waals surface area (Å²) < 4.78 is 9.23. The van der Waals surface area contributed by atoms with Crippen LogP contribution in [0.25, 0.3) is 0 Å². The van der Waals surface area contributed by atoms with Crippen LogP contribution < -0.4 is 10.1 Å². The smallest absolute Gasteiger partial charge is 0.257 e.